The number of fused-ring (bicyclic) bond motifs is 1. The Morgan fingerprint density at radius 3 is 2.94 bits per heavy atom. The smallest absolute Gasteiger partial charge is 0.122 e. The highest BCUT2D eigenvalue weighted by Gasteiger charge is 2.32. The Kier molecular flexibility index (Phi) is 3.35. The molecule has 2 atom stereocenters. The summed E-state index contributed by atoms with van der Waals surface area (Å²) in [6, 6.07) is 8.50. The van der Waals surface area contributed by atoms with Crippen molar-refractivity contribution in [2.45, 2.75) is 37.6 Å². The minimum Gasteiger partial charge on any atom is -0.493 e. The topological polar surface area (TPSA) is 47.3 Å². The van der Waals surface area contributed by atoms with Crippen molar-refractivity contribution >= 4 is 0 Å². The van der Waals surface area contributed by atoms with Crippen molar-refractivity contribution in [3.05, 3.63) is 41.5 Å². The maximum Gasteiger partial charge on any atom is 0.122 e. The third kappa shape index (κ3) is 2.04. The molecule has 1 aliphatic carbocycles. The maximum absolute atomic E-state index is 5.79. The molecule has 1 aromatic rings. The van der Waals surface area contributed by atoms with Gasteiger partial charge in [-0.2, -0.15) is 0 Å². The molecule has 3 rings (SSSR count). The first-order chi connectivity index (χ1) is 8.90. The van der Waals surface area contributed by atoms with Crippen LogP contribution in [0.25, 0.3) is 0 Å². The molecule has 1 aromatic carbocycles. The van der Waals surface area contributed by atoms with Crippen molar-refractivity contribution in [1.29, 1.82) is 0 Å². The summed E-state index contributed by atoms with van der Waals surface area (Å²) in [7, 11) is 0. The predicted octanol–water partition coefficient (Wildman–Crippen LogP) is 2.49. The molecule has 0 bridgehead atoms. The fraction of sp³-hybridized carbons (Fsp3) is 0.467. The van der Waals surface area contributed by atoms with E-state index in [4.69, 9.17) is 10.6 Å². The molecule has 3 heteroatoms. The quantitative estimate of drug-likeness (QED) is 0.488. The van der Waals surface area contributed by atoms with Crippen LogP contribution in [0.1, 0.15) is 37.2 Å². The molecule has 1 aliphatic heterocycles. The monoisotopic (exact) mass is 244 g/mol. The van der Waals surface area contributed by atoms with Crippen LogP contribution in [0, 0.1) is 0 Å². The first-order valence-corrected chi connectivity index (χ1v) is 6.77. The van der Waals surface area contributed by atoms with Crippen LogP contribution < -0.4 is 16.0 Å². The molecule has 0 spiro atoms. The number of hydrogen-bond acceptors (Lipinski definition) is 3. The number of nitrogens with one attached hydrogen (secondary N) is 1. The van der Waals surface area contributed by atoms with E-state index in [-0.39, 0.29) is 6.04 Å². The molecule has 0 saturated carbocycles. The molecule has 0 fully saturated rings. The number of benzene rings is 1. The number of para-hydroxylation sites is 1. The van der Waals surface area contributed by atoms with Crippen molar-refractivity contribution in [3.63, 3.8) is 0 Å². The average Bonchev–Trinajstić information content (AvgIpc) is 2.85. The van der Waals surface area contributed by atoms with Gasteiger partial charge in [0.2, 0.25) is 0 Å². The fourth-order valence-electron chi connectivity index (χ4n) is 3.09. The normalized spacial score (nSPS) is 24.1. The Morgan fingerprint density at radius 2 is 2.17 bits per heavy atom. The van der Waals surface area contributed by atoms with Crippen LogP contribution in [0.2, 0.25) is 0 Å². The second-order valence-corrected chi connectivity index (χ2v) is 5.12. The molecule has 18 heavy (non-hydrogen) atoms. The highest BCUT2D eigenvalue weighted by molar-refractivity contribution is 5.42. The minimum atomic E-state index is 0.217. The number of hydrazine groups is 1. The Morgan fingerprint density at radius 1 is 1.28 bits per heavy atom. The zero-order chi connectivity index (χ0) is 12.4. The summed E-state index contributed by atoms with van der Waals surface area (Å²) in [5.74, 6) is 7.15. The summed E-state index contributed by atoms with van der Waals surface area (Å²) < 4.78 is 5.76. The molecule has 2 unspecified atom stereocenters. The Balaban J connectivity index is 1.87. The van der Waals surface area contributed by atoms with Gasteiger partial charge in [0, 0.05) is 11.5 Å². The van der Waals surface area contributed by atoms with Crippen LogP contribution in [-0.2, 0) is 0 Å². The van der Waals surface area contributed by atoms with Crippen molar-refractivity contribution < 1.29 is 4.74 Å². The molecule has 3 N–H and O–H groups in total. The maximum atomic E-state index is 5.79. The minimum absolute atomic E-state index is 0.217. The van der Waals surface area contributed by atoms with Crippen molar-refractivity contribution in [1.82, 2.24) is 5.43 Å². The fourth-order valence-corrected chi connectivity index (χ4v) is 3.09. The van der Waals surface area contributed by atoms with Crippen molar-refractivity contribution in [3.8, 4) is 5.75 Å². The van der Waals surface area contributed by atoms with Crippen LogP contribution >= 0.6 is 0 Å². The van der Waals surface area contributed by atoms with E-state index in [0.717, 1.165) is 18.8 Å². The van der Waals surface area contributed by atoms with Crippen LogP contribution in [0.15, 0.2) is 35.9 Å². The van der Waals surface area contributed by atoms with Crippen molar-refractivity contribution in [2.75, 3.05) is 6.61 Å². The summed E-state index contributed by atoms with van der Waals surface area (Å²) in [5, 5.41) is 0. The van der Waals surface area contributed by atoms with Gasteiger partial charge in [-0.25, -0.2) is 0 Å². The van der Waals surface area contributed by atoms with Crippen LogP contribution in [-0.4, -0.2) is 12.6 Å². The SMILES string of the molecule is NNC(C1=CCCCC1)C1COc2ccccc21. The van der Waals surface area contributed by atoms with E-state index in [1.807, 2.05) is 12.1 Å². The Hall–Kier alpha value is -1.32. The van der Waals surface area contributed by atoms with Crippen LogP contribution in [0.3, 0.4) is 0 Å². The zero-order valence-electron chi connectivity index (χ0n) is 10.6. The van der Waals surface area contributed by atoms with Gasteiger partial charge in [0.1, 0.15) is 5.75 Å². The average molecular weight is 244 g/mol. The number of hydrogen-bond donors (Lipinski definition) is 2. The van der Waals surface area contributed by atoms with Gasteiger partial charge in [-0.1, -0.05) is 29.8 Å². The number of rotatable bonds is 3. The first kappa shape index (κ1) is 11.8. The highest BCUT2D eigenvalue weighted by Crippen LogP contribution is 2.38. The van der Waals surface area contributed by atoms with Gasteiger partial charge < -0.3 is 4.74 Å². The number of ether oxygens (including phenoxy) is 1. The molecule has 96 valence electrons. The lowest BCUT2D eigenvalue weighted by atomic mass is 9.84. The standard InChI is InChI=1S/C15H20N2O/c16-17-15(11-6-2-1-3-7-11)13-10-18-14-9-5-4-8-12(13)14/h4-6,8-9,13,15,17H,1-3,7,10,16H2. The zero-order valence-corrected chi connectivity index (χ0v) is 10.6. The van der Waals surface area contributed by atoms with E-state index in [1.54, 1.807) is 0 Å². The first-order valence-electron chi connectivity index (χ1n) is 6.77. The summed E-state index contributed by atoms with van der Waals surface area (Å²) in [6.45, 7) is 0.728. The molecule has 3 nitrogen and oxygen atoms in total. The lowest BCUT2D eigenvalue weighted by molar-refractivity contribution is 0.307. The molecule has 1 heterocycles. The summed E-state index contributed by atoms with van der Waals surface area (Å²) in [5.41, 5.74) is 5.74. The highest BCUT2D eigenvalue weighted by atomic mass is 16.5. The summed E-state index contributed by atoms with van der Waals surface area (Å²) >= 11 is 0. The lowest BCUT2D eigenvalue weighted by Crippen LogP contribution is -2.42. The number of nitrogens with two attached hydrogens (primary N) is 1. The third-order valence-corrected chi connectivity index (χ3v) is 4.04. The second kappa shape index (κ2) is 5.12. The molecular weight excluding hydrogens is 224 g/mol. The van der Waals surface area contributed by atoms with E-state index >= 15 is 0 Å². The van der Waals surface area contributed by atoms with Gasteiger partial charge >= 0.3 is 0 Å². The lowest BCUT2D eigenvalue weighted by Gasteiger charge is -2.27. The molecule has 0 radical (unpaired) electrons. The van der Waals surface area contributed by atoms with E-state index in [9.17, 15) is 0 Å². The van der Waals surface area contributed by atoms with Crippen LogP contribution in [0.5, 0.6) is 5.75 Å². The summed E-state index contributed by atoms with van der Waals surface area (Å²) in [6.07, 6.45) is 7.28. The van der Waals surface area contributed by atoms with Gasteiger partial charge in [-0.05, 0) is 31.7 Å². The van der Waals surface area contributed by atoms with Gasteiger partial charge in [0.15, 0.2) is 0 Å². The van der Waals surface area contributed by atoms with E-state index < -0.39 is 0 Å². The third-order valence-electron chi connectivity index (χ3n) is 4.04. The van der Waals surface area contributed by atoms with E-state index in [2.05, 4.69) is 23.6 Å². The van der Waals surface area contributed by atoms with E-state index in [1.165, 1.54) is 30.4 Å². The number of allylic oxidation sites excluding steroid dienone is 1. The van der Waals surface area contributed by atoms with E-state index in [0.29, 0.717) is 5.92 Å². The van der Waals surface area contributed by atoms with Crippen LogP contribution in [0.4, 0.5) is 0 Å². The summed E-state index contributed by atoms with van der Waals surface area (Å²) in [4.78, 5) is 0. The predicted molar refractivity (Wildman–Crippen MR) is 72.3 cm³/mol. The van der Waals surface area contributed by atoms with Crippen molar-refractivity contribution in [2.24, 2.45) is 5.84 Å². The molecule has 0 saturated heterocycles. The largest absolute Gasteiger partial charge is 0.493 e. The van der Waals surface area contributed by atoms with Gasteiger partial charge in [0.25, 0.3) is 0 Å². The van der Waals surface area contributed by atoms with Gasteiger partial charge in [-0.3, -0.25) is 11.3 Å². The van der Waals surface area contributed by atoms with Gasteiger partial charge in [0.05, 0.1) is 12.6 Å². The molecule has 0 amide bonds. The molecule has 2 aliphatic rings. The van der Waals surface area contributed by atoms with Gasteiger partial charge in [-0.15, -0.1) is 0 Å². The molecular formula is C15H20N2O. The molecule has 0 aromatic heterocycles. The second-order valence-electron chi connectivity index (χ2n) is 5.12. The Bertz CT molecular complexity index is 456. The Labute approximate surface area is 108 Å².